The predicted molar refractivity (Wildman–Crippen MR) is 97.7 cm³/mol. The Kier molecular flexibility index (Phi) is 4.40. The first-order valence-electron chi connectivity index (χ1n) is 8.29. The van der Waals surface area contributed by atoms with Gasteiger partial charge in [0.2, 0.25) is 5.91 Å². The molecule has 0 spiro atoms. The number of carbonyl (C=O) groups is 1. The van der Waals surface area contributed by atoms with Crippen molar-refractivity contribution in [3.8, 4) is 11.3 Å². The van der Waals surface area contributed by atoms with E-state index in [1.54, 1.807) is 6.07 Å². The number of hydrogen-bond acceptors (Lipinski definition) is 4. The van der Waals surface area contributed by atoms with E-state index in [-0.39, 0.29) is 23.4 Å². The molecule has 2 N–H and O–H groups in total. The van der Waals surface area contributed by atoms with E-state index >= 15 is 0 Å². The first-order chi connectivity index (χ1) is 13.5. The van der Waals surface area contributed by atoms with Gasteiger partial charge in [-0.2, -0.15) is 10.2 Å². The lowest BCUT2D eigenvalue weighted by molar-refractivity contribution is -0.115. The minimum Gasteiger partial charge on any atom is -0.323 e. The molecule has 0 atom stereocenters. The molecule has 0 aliphatic rings. The molecular weight excluding hydrogens is 368 g/mol. The van der Waals surface area contributed by atoms with Crippen LogP contribution in [0.3, 0.4) is 0 Å². The first kappa shape index (κ1) is 17.5. The topological polar surface area (TPSA) is 92.2 Å². The quantitative estimate of drug-likeness (QED) is 0.568. The van der Waals surface area contributed by atoms with E-state index in [9.17, 15) is 18.4 Å². The third kappa shape index (κ3) is 3.37. The molecule has 0 bridgehead atoms. The zero-order chi connectivity index (χ0) is 19.7. The third-order valence-corrected chi connectivity index (χ3v) is 4.07. The molecule has 2 heterocycles. The van der Waals surface area contributed by atoms with Gasteiger partial charge in [-0.25, -0.2) is 18.4 Å². The maximum absolute atomic E-state index is 13.7. The molecule has 0 fully saturated rings. The minimum absolute atomic E-state index is 0.155. The van der Waals surface area contributed by atoms with Crippen molar-refractivity contribution in [3.05, 3.63) is 82.4 Å². The minimum atomic E-state index is -0.890. The van der Waals surface area contributed by atoms with Crippen LogP contribution < -0.4 is 10.9 Å². The molecule has 4 aromatic rings. The Bertz CT molecular complexity index is 1230. The van der Waals surface area contributed by atoms with Gasteiger partial charge in [0.05, 0.1) is 17.8 Å². The number of benzene rings is 2. The van der Waals surface area contributed by atoms with E-state index in [4.69, 9.17) is 0 Å². The highest BCUT2D eigenvalue weighted by molar-refractivity contribution is 5.92. The summed E-state index contributed by atoms with van der Waals surface area (Å²) < 4.78 is 28.0. The van der Waals surface area contributed by atoms with Crippen molar-refractivity contribution in [2.24, 2.45) is 0 Å². The molecule has 0 aliphatic heterocycles. The molecule has 2 aromatic carbocycles. The van der Waals surface area contributed by atoms with Gasteiger partial charge in [-0.05, 0) is 18.2 Å². The molecule has 0 saturated carbocycles. The largest absolute Gasteiger partial charge is 0.323 e. The number of anilines is 1. The average Bonchev–Trinajstić information content (AvgIpc) is 3.14. The van der Waals surface area contributed by atoms with E-state index in [0.29, 0.717) is 11.8 Å². The van der Waals surface area contributed by atoms with Gasteiger partial charge in [0.1, 0.15) is 17.2 Å². The maximum Gasteiger partial charge on any atom is 0.290 e. The van der Waals surface area contributed by atoms with Gasteiger partial charge >= 0.3 is 0 Å². The lowest BCUT2D eigenvalue weighted by atomic mass is 10.1. The first-order valence-corrected chi connectivity index (χ1v) is 8.29. The van der Waals surface area contributed by atoms with Crippen molar-refractivity contribution < 1.29 is 13.6 Å². The number of carbonyl (C=O) groups excluding carboxylic acids is 1. The summed E-state index contributed by atoms with van der Waals surface area (Å²) in [5.74, 6) is -2.07. The van der Waals surface area contributed by atoms with Crippen LogP contribution in [0.5, 0.6) is 0 Å². The normalized spacial score (nSPS) is 10.9. The fourth-order valence-corrected chi connectivity index (χ4v) is 2.75. The van der Waals surface area contributed by atoms with Crippen LogP contribution in [0, 0.1) is 11.6 Å². The van der Waals surface area contributed by atoms with E-state index in [1.807, 2.05) is 30.3 Å². The second-order valence-corrected chi connectivity index (χ2v) is 6.01. The summed E-state index contributed by atoms with van der Waals surface area (Å²) in [6.45, 7) is 0. The van der Waals surface area contributed by atoms with Gasteiger partial charge in [0.15, 0.2) is 5.82 Å². The van der Waals surface area contributed by atoms with Crippen LogP contribution in [0.25, 0.3) is 16.8 Å². The summed E-state index contributed by atoms with van der Waals surface area (Å²) in [4.78, 5) is 24.3. The van der Waals surface area contributed by atoms with Gasteiger partial charge in [0.25, 0.3) is 5.56 Å². The summed E-state index contributed by atoms with van der Waals surface area (Å²) in [5.41, 5.74) is 0.963. The average molecular weight is 381 g/mol. The Morgan fingerprint density at radius 3 is 2.64 bits per heavy atom. The van der Waals surface area contributed by atoms with Gasteiger partial charge in [-0.15, -0.1) is 0 Å². The summed E-state index contributed by atoms with van der Waals surface area (Å²) >= 11 is 0. The molecular formula is C19H13F2N5O2. The highest BCUT2D eigenvalue weighted by atomic mass is 19.1. The summed E-state index contributed by atoms with van der Waals surface area (Å²) in [6, 6.07) is 13.6. The monoisotopic (exact) mass is 381 g/mol. The van der Waals surface area contributed by atoms with Crippen molar-refractivity contribution in [2.75, 3.05) is 5.32 Å². The van der Waals surface area contributed by atoms with Crippen molar-refractivity contribution >= 4 is 17.1 Å². The lowest BCUT2D eigenvalue weighted by Crippen LogP contribution is -2.22. The van der Waals surface area contributed by atoms with Gasteiger partial charge < -0.3 is 5.32 Å². The number of H-pyrrole nitrogens is 1. The smallest absolute Gasteiger partial charge is 0.290 e. The Balaban J connectivity index is 1.65. The number of aromatic nitrogens is 4. The van der Waals surface area contributed by atoms with Crippen LogP contribution in [0.2, 0.25) is 0 Å². The highest BCUT2D eigenvalue weighted by Gasteiger charge is 2.16. The van der Waals surface area contributed by atoms with Crippen LogP contribution >= 0.6 is 0 Å². The maximum atomic E-state index is 13.7. The number of amides is 1. The molecule has 0 aliphatic carbocycles. The molecule has 9 heteroatoms. The number of rotatable bonds is 4. The van der Waals surface area contributed by atoms with Crippen molar-refractivity contribution in [1.82, 2.24) is 19.8 Å². The Hall–Kier alpha value is -3.88. The van der Waals surface area contributed by atoms with Gasteiger partial charge in [-0.3, -0.25) is 9.59 Å². The molecule has 2 aromatic heterocycles. The highest BCUT2D eigenvalue weighted by Crippen LogP contribution is 2.19. The molecule has 0 radical (unpaired) electrons. The molecule has 0 saturated heterocycles. The summed E-state index contributed by atoms with van der Waals surface area (Å²) in [7, 11) is 0. The fraction of sp³-hybridized carbons (Fsp3) is 0.0526. The Labute approximate surface area is 156 Å². The number of nitrogens with one attached hydrogen (secondary N) is 2. The van der Waals surface area contributed by atoms with Crippen LogP contribution in [-0.2, 0) is 11.2 Å². The second-order valence-electron chi connectivity index (χ2n) is 6.01. The van der Waals surface area contributed by atoms with Crippen molar-refractivity contribution in [1.29, 1.82) is 0 Å². The van der Waals surface area contributed by atoms with Gasteiger partial charge in [-0.1, -0.05) is 30.3 Å². The standard InChI is InChI=1S/C19H13F2N5O2/c20-12-6-7-14(13(21)8-12)22-18(27)10-17-23-24-19(28)16-9-15(25-26(16)17)11-4-2-1-3-5-11/h1-9H,10H2,(H,22,27)(H,24,28). The zero-order valence-electron chi connectivity index (χ0n) is 14.3. The van der Waals surface area contributed by atoms with Crippen molar-refractivity contribution in [3.63, 3.8) is 0 Å². The number of hydrogen-bond donors (Lipinski definition) is 2. The van der Waals surface area contributed by atoms with E-state index in [1.165, 1.54) is 4.52 Å². The van der Waals surface area contributed by atoms with E-state index in [2.05, 4.69) is 20.6 Å². The van der Waals surface area contributed by atoms with E-state index < -0.39 is 23.1 Å². The number of halogens is 2. The molecule has 28 heavy (non-hydrogen) atoms. The van der Waals surface area contributed by atoms with Crippen LogP contribution in [0.15, 0.2) is 59.4 Å². The fourth-order valence-electron chi connectivity index (χ4n) is 2.75. The summed E-state index contributed by atoms with van der Waals surface area (Å²) in [5, 5.41) is 12.9. The second kappa shape index (κ2) is 7.03. The Morgan fingerprint density at radius 1 is 1.11 bits per heavy atom. The zero-order valence-corrected chi connectivity index (χ0v) is 14.3. The van der Waals surface area contributed by atoms with Gasteiger partial charge in [0, 0.05) is 11.6 Å². The number of fused-ring (bicyclic) bond motifs is 1. The predicted octanol–water partition coefficient (Wildman–Crippen LogP) is 2.54. The van der Waals surface area contributed by atoms with E-state index in [0.717, 1.165) is 17.7 Å². The molecule has 0 unspecified atom stereocenters. The molecule has 7 nitrogen and oxygen atoms in total. The molecule has 140 valence electrons. The van der Waals surface area contributed by atoms with Crippen LogP contribution in [0.4, 0.5) is 14.5 Å². The summed E-state index contributed by atoms with van der Waals surface area (Å²) in [6.07, 6.45) is -0.278. The molecule has 1 amide bonds. The van der Waals surface area contributed by atoms with Crippen molar-refractivity contribution in [2.45, 2.75) is 6.42 Å². The SMILES string of the molecule is O=C(Cc1n[nH]c(=O)c2cc(-c3ccccc3)nn12)Nc1ccc(F)cc1F. The van der Waals surface area contributed by atoms with Crippen LogP contribution in [0.1, 0.15) is 5.82 Å². The third-order valence-electron chi connectivity index (χ3n) is 4.07. The van der Waals surface area contributed by atoms with Crippen LogP contribution in [-0.4, -0.2) is 25.7 Å². The lowest BCUT2D eigenvalue weighted by Gasteiger charge is -2.07. The Morgan fingerprint density at radius 2 is 1.89 bits per heavy atom. The molecule has 4 rings (SSSR count). The number of aromatic amines is 1. The number of nitrogens with zero attached hydrogens (tertiary/aromatic N) is 3.